The van der Waals surface area contributed by atoms with Crippen molar-refractivity contribution >= 4 is 42.0 Å². The normalized spacial score (nSPS) is 14.6. The molecular weight excluding hydrogens is 753 g/mol. The van der Waals surface area contributed by atoms with Crippen molar-refractivity contribution in [2.45, 2.75) is 19.6 Å². The van der Waals surface area contributed by atoms with Crippen LogP contribution in [-0.4, -0.2) is 16.8 Å². The molecule has 0 unspecified atom stereocenters. The highest BCUT2D eigenvalue weighted by Gasteiger charge is 2.24. The van der Waals surface area contributed by atoms with Crippen molar-refractivity contribution in [2.75, 3.05) is 0 Å². The Morgan fingerprint density at radius 2 is 0.345 bits per heavy atom. The van der Waals surface area contributed by atoms with Crippen LogP contribution in [0.5, 0.6) is 0 Å². The van der Waals surface area contributed by atoms with Crippen molar-refractivity contribution < 1.29 is 16.8 Å². The van der Waals surface area contributed by atoms with Crippen molar-refractivity contribution in [3.63, 3.8) is 0 Å². The number of rotatable bonds is 4. The van der Waals surface area contributed by atoms with Crippen LogP contribution in [0.1, 0.15) is 44.5 Å². The first-order valence-electron chi connectivity index (χ1n) is 18.9. The van der Waals surface area contributed by atoms with Gasteiger partial charge < -0.3 is 0 Å². The molecule has 8 aromatic carbocycles. The van der Waals surface area contributed by atoms with Gasteiger partial charge >= 0.3 is 0 Å². The fourth-order valence-corrected chi connectivity index (χ4v) is 10.2. The Bertz CT molecular complexity index is 2620. The summed E-state index contributed by atoms with van der Waals surface area (Å²) in [5, 5.41) is 0. The van der Waals surface area contributed by atoms with E-state index in [4.69, 9.17) is 0 Å². The van der Waals surface area contributed by atoms with E-state index < -0.39 is 19.7 Å². The third-order valence-corrected chi connectivity index (χ3v) is 14.1. The number of sulfone groups is 2. The minimum absolute atomic E-state index is 0.179. The zero-order valence-corrected chi connectivity index (χ0v) is 32.9. The Balaban J connectivity index is 1.33. The zero-order valence-electron chi connectivity index (χ0n) is 31.2. The molecule has 6 heteroatoms. The van der Waals surface area contributed by atoms with Crippen LogP contribution in [-0.2, 0) is 19.7 Å². The number of hydrogen-bond acceptors (Lipinski definition) is 4. The standard InChI is InChI=1S/C52H36O4S2/c53-57(54)45-29-21-41(22-30-45)49(37-13-5-1-6-14-37)50(38-15-7-2-8-16-38)42-23-31-46(32-24-42)58(55,56)48-35-27-44(28-36-48)52(40-19-11-4-12-20-40)51(39-17-9-3-10-18-39)43-25-33-47(57)34-26-43/h1-36H. The van der Waals surface area contributed by atoms with Gasteiger partial charge in [0.25, 0.3) is 0 Å². The van der Waals surface area contributed by atoms with Crippen LogP contribution in [0.4, 0.5) is 0 Å². The molecule has 0 saturated heterocycles. The molecule has 0 atom stereocenters. The van der Waals surface area contributed by atoms with Gasteiger partial charge in [0.05, 0.1) is 19.6 Å². The summed E-state index contributed by atoms with van der Waals surface area (Å²) in [5.41, 5.74) is 10.5. The third kappa shape index (κ3) is 6.83. The maximum atomic E-state index is 14.3. The first-order chi connectivity index (χ1) is 28.3. The Kier molecular flexibility index (Phi) is 9.66. The molecule has 8 aromatic rings. The van der Waals surface area contributed by atoms with E-state index in [1.54, 1.807) is 48.5 Å². The Morgan fingerprint density at radius 1 is 0.190 bits per heavy atom. The summed E-state index contributed by atoms with van der Waals surface area (Å²) in [6.07, 6.45) is 0. The summed E-state index contributed by atoms with van der Waals surface area (Å²) in [4.78, 5) is 0.716. The van der Waals surface area contributed by atoms with Crippen LogP contribution in [0, 0.1) is 0 Å². The summed E-state index contributed by atoms with van der Waals surface area (Å²) in [6.45, 7) is 0. The van der Waals surface area contributed by atoms with Crippen LogP contribution in [0.3, 0.4) is 0 Å². The average Bonchev–Trinajstić information content (AvgIpc) is 3.28. The van der Waals surface area contributed by atoms with Crippen LogP contribution in [0.15, 0.2) is 238 Å². The van der Waals surface area contributed by atoms with E-state index in [9.17, 15) is 16.8 Å². The molecule has 8 bridgehead atoms. The van der Waals surface area contributed by atoms with E-state index in [-0.39, 0.29) is 19.6 Å². The van der Waals surface area contributed by atoms with E-state index in [0.717, 1.165) is 66.8 Å². The van der Waals surface area contributed by atoms with E-state index in [1.165, 1.54) is 0 Å². The molecule has 0 aliphatic carbocycles. The SMILES string of the molecule is O=S1(=O)c2ccc(cc2)C(c2ccccc2)=C(c2ccccc2)c2ccc(cc2)S(=O)(=O)c2ccc(cc2)C(c2ccccc2)=C(c2ccccc2)c2ccc1cc2. The van der Waals surface area contributed by atoms with Gasteiger partial charge in [0, 0.05) is 0 Å². The molecule has 15 rings (SSSR count). The van der Waals surface area contributed by atoms with Gasteiger partial charge in [-0.05, 0) is 115 Å². The van der Waals surface area contributed by atoms with Gasteiger partial charge in [0.15, 0.2) is 0 Å². The molecule has 4 nitrogen and oxygen atoms in total. The van der Waals surface area contributed by atoms with E-state index in [0.29, 0.717) is 0 Å². The maximum absolute atomic E-state index is 14.3. The topological polar surface area (TPSA) is 68.3 Å². The molecule has 0 amide bonds. The summed E-state index contributed by atoms with van der Waals surface area (Å²) in [6, 6.07) is 67.9. The Hall–Kier alpha value is -6.86. The lowest BCUT2D eigenvalue weighted by Gasteiger charge is -2.20. The highest BCUT2D eigenvalue weighted by molar-refractivity contribution is 7.91. The van der Waals surface area contributed by atoms with Crippen molar-refractivity contribution in [3.8, 4) is 0 Å². The Labute approximate surface area is 339 Å². The molecule has 7 aliphatic heterocycles. The van der Waals surface area contributed by atoms with Gasteiger partial charge in [-0.15, -0.1) is 0 Å². The van der Waals surface area contributed by atoms with Crippen LogP contribution < -0.4 is 0 Å². The highest BCUT2D eigenvalue weighted by atomic mass is 32.2. The van der Waals surface area contributed by atoms with Gasteiger partial charge in [-0.25, -0.2) is 16.8 Å². The smallest absolute Gasteiger partial charge is 0.206 e. The summed E-state index contributed by atoms with van der Waals surface area (Å²) in [5.74, 6) is 0. The molecule has 0 N–H and O–H groups in total. The number of benzene rings is 8. The lowest BCUT2D eigenvalue weighted by molar-refractivity contribution is 0.594. The molecule has 0 spiro atoms. The lowest BCUT2D eigenvalue weighted by Crippen LogP contribution is -2.05. The molecule has 0 fully saturated rings. The first kappa shape index (κ1) is 36.8. The second-order valence-corrected chi connectivity index (χ2v) is 18.0. The van der Waals surface area contributed by atoms with Gasteiger partial charge in [-0.2, -0.15) is 0 Å². The van der Waals surface area contributed by atoms with Gasteiger partial charge in [-0.1, -0.05) is 170 Å². The molecular formula is C52H36O4S2. The minimum atomic E-state index is -3.90. The third-order valence-electron chi connectivity index (χ3n) is 10.6. The highest BCUT2D eigenvalue weighted by Crippen LogP contribution is 2.40. The monoisotopic (exact) mass is 788 g/mol. The lowest BCUT2D eigenvalue weighted by atomic mass is 9.86. The van der Waals surface area contributed by atoms with Crippen molar-refractivity contribution in [3.05, 3.63) is 263 Å². The van der Waals surface area contributed by atoms with Gasteiger partial charge in [-0.3, -0.25) is 0 Å². The maximum Gasteiger partial charge on any atom is 0.206 e. The second-order valence-electron chi connectivity index (χ2n) is 14.1. The molecule has 0 radical (unpaired) electrons. The first-order valence-corrected chi connectivity index (χ1v) is 21.9. The van der Waals surface area contributed by atoms with Crippen molar-refractivity contribution in [2.24, 2.45) is 0 Å². The molecule has 0 saturated carbocycles. The molecule has 58 heavy (non-hydrogen) atoms. The van der Waals surface area contributed by atoms with Crippen molar-refractivity contribution in [1.29, 1.82) is 0 Å². The van der Waals surface area contributed by atoms with E-state index >= 15 is 0 Å². The van der Waals surface area contributed by atoms with Crippen LogP contribution in [0.2, 0.25) is 0 Å². The van der Waals surface area contributed by atoms with Gasteiger partial charge in [0.2, 0.25) is 19.7 Å². The molecule has 7 heterocycles. The molecule has 7 aliphatic rings. The minimum Gasteiger partial charge on any atom is -0.219 e. The predicted molar refractivity (Wildman–Crippen MR) is 232 cm³/mol. The molecule has 0 aromatic heterocycles. The quantitative estimate of drug-likeness (QED) is 0.178. The largest absolute Gasteiger partial charge is 0.219 e. The Morgan fingerprint density at radius 3 is 0.517 bits per heavy atom. The predicted octanol–water partition coefficient (Wildman–Crippen LogP) is 11.7. The van der Waals surface area contributed by atoms with Crippen LogP contribution >= 0.6 is 0 Å². The zero-order chi connectivity index (χ0) is 39.7. The average molecular weight is 789 g/mol. The summed E-state index contributed by atoms with van der Waals surface area (Å²) >= 11 is 0. The number of hydrogen-bond donors (Lipinski definition) is 0. The second kappa shape index (κ2) is 15.2. The van der Waals surface area contributed by atoms with Crippen molar-refractivity contribution in [1.82, 2.24) is 0 Å². The van der Waals surface area contributed by atoms with Crippen LogP contribution in [0.25, 0.3) is 22.3 Å². The summed E-state index contributed by atoms with van der Waals surface area (Å²) < 4.78 is 57.2. The van der Waals surface area contributed by atoms with Gasteiger partial charge in [0.1, 0.15) is 0 Å². The fraction of sp³-hybridized carbons (Fsp3) is 0. The van der Waals surface area contributed by atoms with E-state index in [1.807, 2.05) is 170 Å². The molecule has 280 valence electrons. The summed E-state index contributed by atoms with van der Waals surface area (Å²) in [7, 11) is -7.80. The fourth-order valence-electron chi connectivity index (χ4n) is 7.72. The van der Waals surface area contributed by atoms with E-state index in [2.05, 4.69) is 0 Å².